The van der Waals surface area contributed by atoms with E-state index in [1.54, 1.807) is 0 Å². The molecule has 1 unspecified atom stereocenters. The molecule has 532 valence electrons. The first-order chi connectivity index (χ1) is 44.5. The van der Waals surface area contributed by atoms with Crippen molar-refractivity contribution in [1.29, 1.82) is 0 Å². The molecular weight excluding hydrogens is 1200 g/mol. The SMILES string of the molecule is CCCCCCCCCCCCCCCCCC(=O)OC[C@@H](COP(=O)(O)OCCNC(=O)CCOCCOCCOCCOCCOCCOCCOCCOCCNC(=O)CCN1C(=O)C=CC1=O)OC(=O)CCCCCCCCCCCCCCCCC. The van der Waals surface area contributed by atoms with E-state index in [0.29, 0.717) is 112 Å². The Kier molecular flexibility index (Phi) is 61.3. The maximum absolute atomic E-state index is 12.9. The van der Waals surface area contributed by atoms with E-state index in [-0.39, 0.29) is 77.0 Å². The number of rotatable bonds is 72. The number of esters is 2. The van der Waals surface area contributed by atoms with E-state index in [1.165, 1.54) is 153 Å². The Hall–Kier alpha value is -3.45. The second-order valence-corrected chi connectivity index (χ2v) is 24.5. The fourth-order valence-electron chi connectivity index (χ4n) is 9.58. The molecule has 0 fully saturated rings. The summed E-state index contributed by atoms with van der Waals surface area (Å²) in [5, 5.41) is 5.28. The predicted octanol–water partition coefficient (Wildman–Crippen LogP) is 11.2. The fourth-order valence-corrected chi connectivity index (χ4v) is 10.3. The van der Waals surface area contributed by atoms with Crippen LogP contribution in [-0.2, 0) is 89.7 Å². The first-order valence-corrected chi connectivity index (χ1v) is 36.6. The van der Waals surface area contributed by atoms with E-state index < -0.39 is 44.3 Å². The highest BCUT2D eigenvalue weighted by molar-refractivity contribution is 7.47. The number of hydrogen-bond acceptors (Lipinski definition) is 19. The number of phosphoric ester groups is 1. The monoisotopic (exact) mass is 1320 g/mol. The van der Waals surface area contributed by atoms with Gasteiger partial charge in [0, 0.05) is 57.5 Å². The summed E-state index contributed by atoms with van der Waals surface area (Å²) >= 11 is 0. The van der Waals surface area contributed by atoms with Gasteiger partial charge in [0.25, 0.3) is 11.8 Å². The first-order valence-electron chi connectivity index (χ1n) is 35.1. The molecular formula is C67H124N3O20P. The van der Waals surface area contributed by atoms with Gasteiger partial charge in [0.05, 0.1) is 119 Å². The molecule has 23 nitrogen and oxygen atoms in total. The summed E-state index contributed by atoms with van der Waals surface area (Å²) in [6.45, 7) is 9.41. The quantitative estimate of drug-likeness (QED) is 0.0221. The van der Waals surface area contributed by atoms with Crippen LogP contribution >= 0.6 is 7.82 Å². The van der Waals surface area contributed by atoms with Gasteiger partial charge in [-0.2, -0.15) is 0 Å². The van der Waals surface area contributed by atoms with Crippen molar-refractivity contribution in [2.45, 2.75) is 238 Å². The standard InChI is InChI=1S/C67H124N3O20P/c1-3-5-7-9-11-13-15-17-19-21-23-25-27-29-31-33-66(75)87-59-61(90-67(76)34-32-30-28-26-24-22-20-18-16-14-12-10-8-6-4-2)60-89-91(77,78)88-44-40-69-63(72)38-42-79-45-47-81-49-51-83-53-55-85-57-58-86-56-54-84-52-50-82-48-46-80-43-39-68-62(71)37-41-70-64(73)35-36-65(70)74/h35-36,61H,3-34,37-60H2,1-2H3,(H,68,71)(H,69,72)(H,77,78)/t61-/m0/s1. The van der Waals surface area contributed by atoms with Gasteiger partial charge in [-0.15, -0.1) is 0 Å². The van der Waals surface area contributed by atoms with E-state index in [1.807, 2.05) is 0 Å². The molecule has 0 aliphatic carbocycles. The molecule has 3 N–H and O–H groups in total. The third-order valence-electron chi connectivity index (χ3n) is 14.9. The number of carbonyl (C=O) groups excluding carboxylic acids is 6. The van der Waals surface area contributed by atoms with Gasteiger partial charge in [0.1, 0.15) is 6.61 Å². The largest absolute Gasteiger partial charge is 0.472 e. The zero-order valence-corrected chi connectivity index (χ0v) is 57.3. The minimum atomic E-state index is -4.63. The maximum atomic E-state index is 12.9. The number of hydrogen-bond donors (Lipinski definition) is 3. The predicted molar refractivity (Wildman–Crippen MR) is 349 cm³/mol. The van der Waals surface area contributed by atoms with Crippen LogP contribution in [0.2, 0.25) is 0 Å². The highest BCUT2D eigenvalue weighted by Gasteiger charge is 2.27. The van der Waals surface area contributed by atoms with Gasteiger partial charge in [0.15, 0.2) is 6.10 Å². The summed E-state index contributed by atoms with van der Waals surface area (Å²) in [7, 11) is -4.63. The third-order valence-corrected chi connectivity index (χ3v) is 15.9. The molecule has 0 aromatic rings. The van der Waals surface area contributed by atoms with Gasteiger partial charge >= 0.3 is 19.8 Å². The Morgan fingerprint density at radius 3 is 1.10 bits per heavy atom. The smallest absolute Gasteiger partial charge is 0.462 e. The van der Waals surface area contributed by atoms with Crippen LogP contribution in [0.25, 0.3) is 0 Å². The molecule has 0 bridgehead atoms. The van der Waals surface area contributed by atoms with Gasteiger partial charge in [-0.05, 0) is 12.8 Å². The van der Waals surface area contributed by atoms with E-state index in [4.69, 9.17) is 56.4 Å². The molecule has 91 heavy (non-hydrogen) atoms. The van der Waals surface area contributed by atoms with Crippen molar-refractivity contribution < 1.29 is 94.6 Å². The van der Waals surface area contributed by atoms with E-state index in [9.17, 15) is 38.2 Å². The number of nitrogens with zero attached hydrogens (tertiary/aromatic N) is 1. The summed E-state index contributed by atoms with van der Waals surface area (Å²) in [5.41, 5.74) is 0. The summed E-state index contributed by atoms with van der Waals surface area (Å²) in [6.07, 6.45) is 38.2. The minimum absolute atomic E-state index is 0.0331. The maximum Gasteiger partial charge on any atom is 0.472 e. The summed E-state index contributed by atoms with van der Waals surface area (Å²) in [4.78, 5) is 84.3. The van der Waals surface area contributed by atoms with Crippen LogP contribution in [0.15, 0.2) is 12.2 Å². The summed E-state index contributed by atoms with van der Waals surface area (Å²) in [6, 6.07) is 0. The molecule has 1 rings (SSSR count). The molecule has 0 aromatic carbocycles. The van der Waals surface area contributed by atoms with E-state index in [0.717, 1.165) is 43.4 Å². The second kappa shape index (κ2) is 65.2. The Labute approximate surface area is 547 Å². The highest BCUT2D eigenvalue weighted by Crippen LogP contribution is 2.43. The lowest BCUT2D eigenvalue weighted by Gasteiger charge is -2.20. The molecule has 1 aliphatic heterocycles. The average Bonchev–Trinajstić information content (AvgIpc) is 2.85. The van der Waals surface area contributed by atoms with Gasteiger partial charge in [0.2, 0.25) is 11.8 Å². The molecule has 1 heterocycles. The van der Waals surface area contributed by atoms with Gasteiger partial charge in [-0.3, -0.25) is 42.7 Å². The Bertz CT molecular complexity index is 1820. The third kappa shape index (κ3) is 60.0. The molecule has 0 saturated heterocycles. The lowest BCUT2D eigenvalue weighted by atomic mass is 10.0. The molecule has 0 radical (unpaired) electrons. The topological polar surface area (TPSA) is 278 Å². The number of phosphoric acid groups is 1. The molecule has 1 aliphatic rings. The van der Waals surface area contributed by atoms with Crippen molar-refractivity contribution in [2.75, 3.05) is 145 Å². The fraction of sp³-hybridized carbons (Fsp3) is 0.881. The Balaban J connectivity index is 2.11. The Morgan fingerprint density at radius 1 is 0.396 bits per heavy atom. The van der Waals surface area contributed by atoms with Crippen LogP contribution in [0.3, 0.4) is 0 Å². The van der Waals surface area contributed by atoms with Gasteiger partial charge < -0.3 is 62.9 Å². The van der Waals surface area contributed by atoms with Gasteiger partial charge in [-0.1, -0.05) is 194 Å². The summed E-state index contributed by atoms with van der Waals surface area (Å²) in [5.74, 6) is -2.35. The number of unbranched alkanes of at least 4 members (excludes halogenated alkanes) is 28. The zero-order chi connectivity index (χ0) is 66.0. The van der Waals surface area contributed by atoms with Crippen molar-refractivity contribution in [3.8, 4) is 0 Å². The van der Waals surface area contributed by atoms with Crippen LogP contribution in [0.5, 0.6) is 0 Å². The van der Waals surface area contributed by atoms with E-state index >= 15 is 0 Å². The van der Waals surface area contributed by atoms with Crippen LogP contribution in [0.1, 0.15) is 232 Å². The van der Waals surface area contributed by atoms with Crippen molar-refractivity contribution in [1.82, 2.24) is 15.5 Å². The van der Waals surface area contributed by atoms with Crippen LogP contribution in [0.4, 0.5) is 0 Å². The number of carbonyl (C=O) groups is 6. The number of amides is 4. The molecule has 4 amide bonds. The number of nitrogens with one attached hydrogen (secondary N) is 2. The average molecular weight is 1320 g/mol. The molecule has 0 saturated carbocycles. The van der Waals surface area contributed by atoms with Crippen LogP contribution in [-0.4, -0.2) is 197 Å². The van der Waals surface area contributed by atoms with Crippen LogP contribution < -0.4 is 10.6 Å². The van der Waals surface area contributed by atoms with Crippen LogP contribution in [0, 0.1) is 0 Å². The van der Waals surface area contributed by atoms with Crippen molar-refractivity contribution >= 4 is 43.4 Å². The first kappa shape index (κ1) is 85.6. The molecule has 0 spiro atoms. The van der Waals surface area contributed by atoms with E-state index in [2.05, 4.69) is 24.5 Å². The number of ether oxygens (including phenoxy) is 10. The molecule has 0 aromatic heterocycles. The normalized spacial score (nSPS) is 13.3. The van der Waals surface area contributed by atoms with Crippen molar-refractivity contribution in [3.05, 3.63) is 12.2 Å². The minimum Gasteiger partial charge on any atom is -0.462 e. The van der Waals surface area contributed by atoms with Crippen molar-refractivity contribution in [3.63, 3.8) is 0 Å². The highest BCUT2D eigenvalue weighted by atomic mass is 31.2. The van der Waals surface area contributed by atoms with Gasteiger partial charge in [-0.25, -0.2) is 4.57 Å². The zero-order valence-electron chi connectivity index (χ0n) is 56.4. The lowest BCUT2D eigenvalue weighted by Crippen LogP contribution is -2.35. The summed E-state index contributed by atoms with van der Waals surface area (Å²) < 4.78 is 78.0. The van der Waals surface area contributed by atoms with Crippen molar-refractivity contribution in [2.24, 2.45) is 0 Å². The second-order valence-electron chi connectivity index (χ2n) is 23.1. The Morgan fingerprint density at radius 2 is 0.714 bits per heavy atom. The lowest BCUT2D eigenvalue weighted by molar-refractivity contribution is -0.161. The molecule has 24 heteroatoms. The molecule has 2 atom stereocenters. The number of imide groups is 1.